The lowest BCUT2D eigenvalue weighted by molar-refractivity contribution is -0.154. The van der Waals surface area contributed by atoms with Crippen molar-refractivity contribution in [2.45, 2.75) is 92.2 Å². The van der Waals surface area contributed by atoms with Gasteiger partial charge in [0.1, 0.15) is 6.04 Å². The molecule has 0 aromatic carbocycles. The highest BCUT2D eigenvalue weighted by molar-refractivity contribution is 9.09. The molecule has 3 heterocycles. The second kappa shape index (κ2) is 12.5. The first-order valence-corrected chi connectivity index (χ1v) is 14.9. The zero-order valence-electron chi connectivity index (χ0n) is 21.7. The summed E-state index contributed by atoms with van der Waals surface area (Å²) in [5.74, 6) is -1.97. The minimum Gasteiger partial charge on any atom is -0.465 e. The van der Waals surface area contributed by atoms with Crippen LogP contribution < -0.4 is 0 Å². The summed E-state index contributed by atoms with van der Waals surface area (Å²) >= 11 is 5.37. The molecule has 0 aromatic heterocycles. The number of carbonyl (C=O) groups is 3. The number of unbranched alkanes of at least 4 members (excludes halogenated alkanes) is 2. The van der Waals surface area contributed by atoms with Crippen LogP contribution >= 0.6 is 27.7 Å². The van der Waals surface area contributed by atoms with E-state index in [-0.39, 0.29) is 40.5 Å². The van der Waals surface area contributed by atoms with Crippen LogP contribution in [0.4, 0.5) is 0 Å². The number of esters is 1. The number of nitrogens with zero attached hydrogens (tertiary/aromatic N) is 2. The van der Waals surface area contributed by atoms with Gasteiger partial charge in [0.05, 0.1) is 35.8 Å². The lowest BCUT2D eigenvalue weighted by Crippen LogP contribution is -2.58. The first-order chi connectivity index (χ1) is 17.2. The fourth-order valence-electron chi connectivity index (χ4n) is 6.19. The average Bonchev–Trinajstić information content (AvgIpc) is 3.44. The van der Waals surface area contributed by atoms with Crippen molar-refractivity contribution in [1.82, 2.24) is 9.80 Å². The minimum atomic E-state index is -0.753. The summed E-state index contributed by atoms with van der Waals surface area (Å²) in [4.78, 5) is 45.0. The highest BCUT2D eigenvalue weighted by Gasteiger charge is 2.76. The van der Waals surface area contributed by atoms with Gasteiger partial charge in [-0.15, -0.1) is 24.9 Å². The van der Waals surface area contributed by atoms with Crippen LogP contribution in [0, 0.1) is 11.8 Å². The largest absolute Gasteiger partial charge is 0.465 e. The molecule has 0 aromatic rings. The fraction of sp³-hybridized carbons (Fsp3) is 0.741. The Morgan fingerprint density at radius 3 is 2.67 bits per heavy atom. The number of likely N-dealkylation sites (tertiary alicyclic amines) is 1. The van der Waals surface area contributed by atoms with Crippen molar-refractivity contribution in [3.8, 4) is 0 Å². The van der Waals surface area contributed by atoms with Crippen molar-refractivity contribution in [1.29, 1.82) is 0 Å². The third-order valence-electron chi connectivity index (χ3n) is 7.87. The Morgan fingerprint density at radius 1 is 1.33 bits per heavy atom. The van der Waals surface area contributed by atoms with E-state index in [1.165, 1.54) is 0 Å². The minimum absolute atomic E-state index is 0.00883. The number of alkyl halides is 1. The molecule has 202 valence electrons. The molecular weight excluding hydrogens is 544 g/mol. The molecule has 0 aliphatic carbocycles. The zero-order chi connectivity index (χ0) is 26.6. The summed E-state index contributed by atoms with van der Waals surface area (Å²) in [6.45, 7) is 13.9. The number of halogens is 1. The molecule has 1 spiro atoms. The molecule has 1 N–H and O–H groups in total. The van der Waals surface area contributed by atoms with Gasteiger partial charge in [0, 0.05) is 22.7 Å². The number of carbonyl (C=O) groups excluding carboxylic acids is 3. The Hall–Kier alpha value is -1.32. The van der Waals surface area contributed by atoms with Gasteiger partial charge in [0.2, 0.25) is 11.8 Å². The summed E-state index contributed by atoms with van der Waals surface area (Å²) in [6, 6.07) is -1.31. The molecule has 3 aliphatic heterocycles. The smallest absolute Gasteiger partial charge is 0.310 e. The van der Waals surface area contributed by atoms with Gasteiger partial charge in [-0.1, -0.05) is 41.4 Å². The fourth-order valence-corrected chi connectivity index (χ4v) is 9.78. The van der Waals surface area contributed by atoms with Crippen LogP contribution in [-0.4, -0.2) is 85.4 Å². The van der Waals surface area contributed by atoms with Gasteiger partial charge in [-0.05, 0) is 46.0 Å². The van der Waals surface area contributed by atoms with Crippen molar-refractivity contribution in [2.75, 3.05) is 19.8 Å². The maximum atomic E-state index is 14.3. The van der Waals surface area contributed by atoms with Crippen LogP contribution in [-0.2, 0) is 19.1 Å². The van der Waals surface area contributed by atoms with Crippen molar-refractivity contribution >= 4 is 45.5 Å². The van der Waals surface area contributed by atoms with Crippen LogP contribution in [0.2, 0.25) is 0 Å². The highest BCUT2D eigenvalue weighted by Crippen LogP contribution is 2.68. The zero-order valence-corrected chi connectivity index (χ0v) is 24.1. The van der Waals surface area contributed by atoms with Crippen LogP contribution in [0.1, 0.15) is 59.3 Å². The van der Waals surface area contributed by atoms with Crippen molar-refractivity contribution in [3.63, 3.8) is 0 Å². The molecule has 2 bridgehead atoms. The third kappa shape index (κ3) is 5.17. The summed E-state index contributed by atoms with van der Waals surface area (Å²) in [6.07, 6.45) is 8.43. The molecule has 3 fully saturated rings. The summed E-state index contributed by atoms with van der Waals surface area (Å²) in [5.41, 5.74) is 0. The van der Waals surface area contributed by atoms with Gasteiger partial charge in [-0.3, -0.25) is 14.4 Å². The molecular formula is C27H41BrN2O5S. The van der Waals surface area contributed by atoms with E-state index in [1.807, 2.05) is 17.9 Å². The molecule has 3 rings (SSSR count). The Bertz CT molecular complexity index is 856. The van der Waals surface area contributed by atoms with Gasteiger partial charge in [0.25, 0.3) is 0 Å². The molecule has 3 saturated heterocycles. The molecule has 7 nitrogen and oxygen atoms in total. The van der Waals surface area contributed by atoms with Crippen LogP contribution in [0.3, 0.4) is 0 Å². The van der Waals surface area contributed by atoms with Gasteiger partial charge >= 0.3 is 5.97 Å². The number of hydrogen-bond donors (Lipinski definition) is 1. The van der Waals surface area contributed by atoms with Gasteiger partial charge < -0.3 is 19.6 Å². The van der Waals surface area contributed by atoms with E-state index in [9.17, 15) is 19.5 Å². The second-order valence-electron chi connectivity index (χ2n) is 10.3. The lowest BCUT2D eigenvalue weighted by atomic mass is 9.71. The van der Waals surface area contributed by atoms with Crippen molar-refractivity contribution < 1.29 is 24.2 Å². The van der Waals surface area contributed by atoms with E-state index in [2.05, 4.69) is 36.0 Å². The number of fused-ring (bicyclic) bond motifs is 1. The molecule has 0 saturated carbocycles. The molecule has 9 heteroatoms. The van der Waals surface area contributed by atoms with Crippen LogP contribution in [0.15, 0.2) is 25.3 Å². The first kappa shape index (κ1) is 29.2. The lowest BCUT2D eigenvalue weighted by Gasteiger charge is -2.40. The van der Waals surface area contributed by atoms with Gasteiger partial charge in [-0.2, -0.15) is 0 Å². The van der Waals surface area contributed by atoms with Crippen molar-refractivity contribution in [3.05, 3.63) is 25.3 Å². The molecule has 3 aliphatic rings. The standard InChI is InChI=1S/C27H41BrN2O5S/c1-6-9-10-11-14-35-26(34)20-21-24(32)30(18(5)16-31)23(27(21)15-19(28)22(20)36-27)25(33)29(13-8-3)17(4)12-7-2/h6,8,17-23,31H,1,3,7,9-16H2,2,4-5H3/t17?,18-,19?,20-,21+,22-,23?,27?/m1/s1. The SMILES string of the molecule is C=CCCCCOC(=O)[C@H]1[C@@H]2SC3(CC2Br)C(C(=O)N(CC=C)C(C)CCC)N([C@H](C)CO)C(=O)[C@H]13. The summed E-state index contributed by atoms with van der Waals surface area (Å²) in [7, 11) is 0. The monoisotopic (exact) mass is 584 g/mol. The van der Waals surface area contributed by atoms with E-state index in [0.29, 0.717) is 19.6 Å². The topological polar surface area (TPSA) is 87.2 Å². The number of amides is 2. The van der Waals surface area contributed by atoms with Crippen LogP contribution in [0.25, 0.3) is 0 Å². The number of thioether (sulfide) groups is 1. The summed E-state index contributed by atoms with van der Waals surface area (Å²) in [5, 5.41) is 9.91. The summed E-state index contributed by atoms with van der Waals surface area (Å²) < 4.78 is 4.92. The second-order valence-corrected chi connectivity index (χ2v) is 13.0. The molecule has 36 heavy (non-hydrogen) atoms. The van der Waals surface area contributed by atoms with Crippen molar-refractivity contribution in [2.24, 2.45) is 11.8 Å². The number of hydrogen-bond acceptors (Lipinski definition) is 6. The number of aliphatic hydroxyl groups is 1. The number of aliphatic hydroxyl groups excluding tert-OH is 1. The Kier molecular flexibility index (Phi) is 10.1. The van der Waals surface area contributed by atoms with Crippen LogP contribution in [0.5, 0.6) is 0 Å². The quantitative estimate of drug-likeness (QED) is 0.144. The predicted molar refractivity (Wildman–Crippen MR) is 147 cm³/mol. The highest BCUT2D eigenvalue weighted by atomic mass is 79.9. The predicted octanol–water partition coefficient (Wildman–Crippen LogP) is 3.93. The van der Waals surface area contributed by atoms with E-state index < -0.39 is 28.7 Å². The third-order valence-corrected chi connectivity index (χ3v) is 11.1. The van der Waals surface area contributed by atoms with Gasteiger partial charge in [0.15, 0.2) is 0 Å². The van der Waals surface area contributed by atoms with E-state index in [1.54, 1.807) is 29.7 Å². The van der Waals surface area contributed by atoms with E-state index in [4.69, 9.17) is 4.74 Å². The maximum absolute atomic E-state index is 14.3. The van der Waals surface area contributed by atoms with E-state index in [0.717, 1.165) is 32.1 Å². The average molecular weight is 586 g/mol. The molecule has 0 radical (unpaired) electrons. The Labute approximate surface area is 228 Å². The first-order valence-electron chi connectivity index (χ1n) is 13.1. The Morgan fingerprint density at radius 2 is 2.06 bits per heavy atom. The number of rotatable bonds is 14. The maximum Gasteiger partial charge on any atom is 0.310 e. The Balaban J connectivity index is 1.96. The molecule has 4 unspecified atom stereocenters. The van der Waals surface area contributed by atoms with E-state index >= 15 is 0 Å². The molecule has 2 amide bonds. The number of allylic oxidation sites excluding steroid dienone is 1. The normalized spacial score (nSPS) is 32.2. The molecule has 8 atom stereocenters. The number of ether oxygens (including phenoxy) is 1. The van der Waals surface area contributed by atoms with Gasteiger partial charge in [-0.25, -0.2) is 0 Å².